The third-order valence-electron chi connectivity index (χ3n) is 3.05. The lowest BCUT2D eigenvalue weighted by Gasteiger charge is -2.22. The van der Waals surface area contributed by atoms with Crippen molar-refractivity contribution < 1.29 is 8.42 Å². The van der Waals surface area contributed by atoms with Gasteiger partial charge in [0.15, 0.2) is 9.84 Å². The van der Waals surface area contributed by atoms with Crippen molar-refractivity contribution in [2.45, 2.75) is 51.3 Å². The molecule has 1 aromatic heterocycles. The zero-order chi connectivity index (χ0) is 14.9. The largest absolute Gasteiger partial charge is 0.310 e. The highest BCUT2D eigenvalue weighted by molar-refractivity contribution is 7.92. The molecular weight excluding hydrogens is 280 g/mol. The Hall–Kier alpha value is -0.460. The van der Waals surface area contributed by atoms with Crippen molar-refractivity contribution >= 4 is 21.2 Å². The van der Waals surface area contributed by atoms with Gasteiger partial charge >= 0.3 is 0 Å². The van der Waals surface area contributed by atoms with E-state index < -0.39 is 14.6 Å². The molecule has 1 rings (SSSR count). The topological polar surface area (TPSA) is 59.1 Å². The van der Waals surface area contributed by atoms with E-state index in [1.165, 1.54) is 6.26 Å². The number of aromatic nitrogens is 1. The van der Waals surface area contributed by atoms with Gasteiger partial charge in [-0.1, -0.05) is 20.8 Å². The monoisotopic (exact) mass is 304 g/mol. The van der Waals surface area contributed by atoms with Crippen molar-refractivity contribution in [3.63, 3.8) is 0 Å². The summed E-state index contributed by atoms with van der Waals surface area (Å²) in [5.41, 5.74) is 1.04. The van der Waals surface area contributed by atoms with Crippen LogP contribution in [0.4, 0.5) is 0 Å². The molecule has 0 aliphatic heterocycles. The summed E-state index contributed by atoms with van der Waals surface area (Å²) in [7, 11) is -3.06. The summed E-state index contributed by atoms with van der Waals surface area (Å²) in [6.45, 7) is 10.9. The van der Waals surface area contributed by atoms with E-state index in [4.69, 9.17) is 0 Å². The first-order valence-electron chi connectivity index (χ1n) is 6.29. The molecule has 0 bridgehead atoms. The number of hydrogen-bond donors (Lipinski definition) is 1. The molecule has 1 N–H and O–H groups in total. The molecule has 1 aromatic rings. The van der Waals surface area contributed by atoms with Crippen LogP contribution in [-0.4, -0.2) is 30.9 Å². The first kappa shape index (κ1) is 16.6. The number of nitrogens with zero attached hydrogens (tertiary/aromatic N) is 1. The minimum atomic E-state index is -3.06. The van der Waals surface area contributed by atoms with Crippen LogP contribution in [0.15, 0.2) is 5.38 Å². The Morgan fingerprint density at radius 2 is 1.84 bits per heavy atom. The van der Waals surface area contributed by atoms with Crippen molar-refractivity contribution in [1.29, 1.82) is 0 Å². The van der Waals surface area contributed by atoms with Crippen molar-refractivity contribution in [2.24, 2.45) is 0 Å². The molecule has 0 spiro atoms. The van der Waals surface area contributed by atoms with Crippen LogP contribution in [0.3, 0.4) is 0 Å². The first-order valence-corrected chi connectivity index (χ1v) is 9.06. The van der Waals surface area contributed by atoms with Crippen LogP contribution >= 0.6 is 11.3 Å². The van der Waals surface area contributed by atoms with Crippen LogP contribution < -0.4 is 5.32 Å². The van der Waals surface area contributed by atoms with E-state index in [-0.39, 0.29) is 5.41 Å². The zero-order valence-corrected chi connectivity index (χ0v) is 14.2. The summed E-state index contributed by atoms with van der Waals surface area (Å²) in [5, 5.41) is 6.31. The third kappa shape index (κ3) is 4.54. The van der Waals surface area contributed by atoms with Gasteiger partial charge in [0.05, 0.1) is 15.4 Å². The fourth-order valence-corrected chi connectivity index (χ4v) is 2.63. The molecule has 0 amide bonds. The Bertz CT molecular complexity index is 525. The van der Waals surface area contributed by atoms with E-state index in [1.54, 1.807) is 25.2 Å². The van der Waals surface area contributed by atoms with E-state index in [1.807, 2.05) is 5.38 Å². The Balaban J connectivity index is 2.58. The van der Waals surface area contributed by atoms with Gasteiger partial charge in [-0.2, -0.15) is 0 Å². The normalized spacial score (nSPS) is 13.8. The quantitative estimate of drug-likeness (QED) is 0.907. The van der Waals surface area contributed by atoms with Crippen molar-refractivity contribution in [3.8, 4) is 0 Å². The summed E-state index contributed by atoms with van der Waals surface area (Å²) in [6.07, 6.45) is 1.27. The number of hydrogen-bond acceptors (Lipinski definition) is 5. The molecule has 0 unspecified atom stereocenters. The summed E-state index contributed by atoms with van der Waals surface area (Å²) in [4.78, 5) is 4.57. The standard InChI is InChI=1S/C13H24N2O2S2/c1-12(2,3)11-15-10(8-18-11)7-14-9-13(4,5)19(6,16)17/h8,14H,7,9H2,1-6H3. The van der Waals surface area contributed by atoms with Crippen LogP contribution in [-0.2, 0) is 21.8 Å². The molecule has 0 aliphatic carbocycles. The maximum absolute atomic E-state index is 11.6. The Labute approximate surface area is 120 Å². The number of sulfone groups is 1. The lowest BCUT2D eigenvalue weighted by molar-refractivity contribution is 0.518. The number of rotatable bonds is 5. The lowest BCUT2D eigenvalue weighted by atomic mass is 9.98. The first-order chi connectivity index (χ1) is 8.43. The van der Waals surface area contributed by atoms with Crippen LogP contribution in [0.1, 0.15) is 45.3 Å². The second-order valence-corrected chi connectivity index (χ2v) is 10.0. The van der Waals surface area contributed by atoms with Gasteiger partial charge in [-0.25, -0.2) is 13.4 Å². The molecule has 6 heteroatoms. The van der Waals surface area contributed by atoms with Gasteiger partial charge in [-0.15, -0.1) is 11.3 Å². The maximum Gasteiger partial charge on any atom is 0.153 e. The Morgan fingerprint density at radius 3 is 2.26 bits per heavy atom. The second kappa shape index (κ2) is 5.50. The van der Waals surface area contributed by atoms with Crippen molar-refractivity contribution in [2.75, 3.05) is 12.8 Å². The van der Waals surface area contributed by atoms with Gasteiger partial charge < -0.3 is 5.32 Å². The average molecular weight is 304 g/mol. The maximum atomic E-state index is 11.6. The SMILES string of the molecule is CC(C)(C)c1nc(CNCC(C)(C)S(C)(=O)=O)cs1. The highest BCUT2D eigenvalue weighted by Gasteiger charge is 2.29. The molecule has 0 aromatic carbocycles. The highest BCUT2D eigenvalue weighted by atomic mass is 32.2. The van der Waals surface area contributed by atoms with Crippen LogP contribution in [0.2, 0.25) is 0 Å². The lowest BCUT2D eigenvalue weighted by Crippen LogP contribution is -2.41. The van der Waals surface area contributed by atoms with Gasteiger partial charge in [0.1, 0.15) is 0 Å². The summed E-state index contributed by atoms with van der Waals surface area (Å²) in [6, 6.07) is 0. The fourth-order valence-electron chi connectivity index (χ4n) is 1.36. The second-order valence-electron chi connectivity index (χ2n) is 6.53. The molecule has 110 valence electrons. The summed E-state index contributed by atoms with van der Waals surface area (Å²) < 4.78 is 22.4. The van der Waals surface area contributed by atoms with Gasteiger partial charge in [-0.3, -0.25) is 0 Å². The van der Waals surface area contributed by atoms with E-state index in [9.17, 15) is 8.42 Å². The number of thiazole rings is 1. The molecule has 0 aliphatic rings. The highest BCUT2D eigenvalue weighted by Crippen LogP contribution is 2.25. The molecule has 0 radical (unpaired) electrons. The Morgan fingerprint density at radius 1 is 1.26 bits per heavy atom. The van der Waals surface area contributed by atoms with E-state index in [0.29, 0.717) is 13.1 Å². The van der Waals surface area contributed by atoms with Gasteiger partial charge in [0.2, 0.25) is 0 Å². The molecule has 1 heterocycles. The van der Waals surface area contributed by atoms with Crippen molar-refractivity contribution in [1.82, 2.24) is 10.3 Å². The molecular formula is C13H24N2O2S2. The van der Waals surface area contributed by atoms with Crippen molar-refractivity contribution in [3.05, 3.63) is 16.1 Å². The van der Waals surface area contributed by atoms with E-state index in [0.717, 1.165) is 10.7 Å². The Kier molecular flexibility index (Phi) is 4.80. The van der Waals surface area contributed by atoms with E-state index >= 15 is 0 Å². The third-order valence-corrected chi connectivity index (χ3v) is 6.52. The van der Waals surface area contributed by atoms with Gasteiger partial charge in [0, 0.05) is 30.1 Å². The van der Waals surface area contributed by atoms with Crippen LogP contribution in [0, 0.1) is 0 Å². The molecule has 0 saturated carbocycles. The van der Waals surface area contributed by atoms with Gasteiger partial charge in [-0.05, 0) is 13.8 Å². The van der Waals surface area contributed by atoms with E-state index in [2.05, 4.69) is 31.1 Å². The number of nitrogens with one attached hydrogen (secondary N) is 1. The molecule has 4 nitrogen and oxygen atoms in total. The van der Waals surface area contributed by atoms with Gasteiger partial charge in [0.25, 0.3) is 0 Å². The minimum Gasteiger partial charge on any atom is -0.310 e. The molecule has 0 saturated heterocycles. The predicted octanol–water partition coefficient (Wildman–Crippen LogP) is 2.35. The molecule has 0 atom stereocenters. The zero-order valence-electron chi connectivity index (χ0n) is 12.6. The molecule has 0 fully saturated rings. The smallest absolute Gasteiger partial charge is 0.153 e. The fraction of sp³-hybridized carbons (Fsp3) is 0.769. The summed E-state index contributed by atoms with van der Waals surface area (Å²) >= 11 is 1.65. The molecule has 19 heavy (non-hydrogen) atoms. The minimum absolute atomic E-state index is 0.0644. The van der Waals surface area contributed by atoms with Crippen LogP contribution in [0.25, 0.3) is 0 Å². The average Bonchev–Trinajstić information content (AvgIpc) is 2.63. The predicted molar refractivity (Wildman–Crippen MR) is 81.4 cm³/mol. The van der Waals surface area contributed by atoms with Crippen LogP contribution in [0.5, 0.6) is 0 Å². The summed E-state index contributed by atoms with van der Waals surface area (Å²) in [5.74, 6) is 0.